The number of amides is 2. The van der Waals surface area contributed by atoms with Crippen molar-refractivity contribution in [2.24, 2.45) is 5.92 Å². The Kier molecular flexibility index (Phi) is 5.03. The van der Waals surface area contributed by atoms with Crippen molar-refractivity contribution in [3.63, 3.8) is 0 Å². The summed E-state index contributed by atoms with van der Waals surface area (Å²) in [6.45, 7) is 1.07. The molecule has 0 spiro atoms. The summed E-state index contributed by atoms with van der Waals surface area (Å²) in [7, 11) is 0. The Labute approximate surface area is 166 Å². The highest BCUT2D eigenvalue weighted by Gasteiger charge is 2.31. The third-order valence-electron chi connectivity index (χ3n) is 4.97. The van der Waals surface area contributed by atoms with Crippen LogP contribution < -0.4 is 19.7 Å². The van der Waals surface area contributed by atoms with E-state index in [4.69, 9.17) is 9.47 Å². The molecule has 2 aromatic carbocycles. The average molecular weight is 397 g/mol. The lowest BCUT2D eigenvalue weighted by Gasteiger charge is -2.17. The van der Waals surface area contributed by atoms with Crippen molar-refractivity contribution in [1.82, 2.24) is 5.32 Å². The molecule has 2 aliphatic rings. The molecule has 2 amide bonds. The van der Waals surface area contributed by atoms with Gasteiger partial charge in [-0.1, -0.05) is 12.1 Å². The van der Waals surface area contributed by atoms with Gasteiger partial charge in [-0.2, -0.15) is 0 Å². The molecular weight excluding hydrogens is 378 g/mol. The molecule has 2 aliphatic heterocycles. The van der Waals surface area contributed by atoms with Crippen LogP contribution in [0.1, 0.15) is 12.0 Å². The highest BCUT2D eigenvalue weighted by atomic mass is 16.7. The summed E-state index contributed by atoms with van der Waals surface area (Å²) >= 11 is 0. The molecule has 2 heterocycles. The van der Waals surface area contributed by atoms with E-state index in [0.717, 1.165) is 5.69 Å². The molecule has 0 bridgehead atoms. The van der Waals surface area contributed by atoms with Crippen LogP contribution in [0.25, 0.3) is 0 Å². The monoisotopic (exact) mass is 397 g/mol. The van der Waals surface area contributed by atoms with E-state index < -0.39 is 4.92 Å². The first-order valence-corrected chi connectivity index (χ1v) is 9.19. The van der Waals surface area contributed by atoms with Gasteiger partial charge in [0.1, 0.15) is 0 Å². The van der Waals surface area contributed by atoms with Crippen molar-refractivity contribution in [2.75, 3.05) is 24.8 Å². The summed E-state index contributed by atoms with van der Waals surface area (Å²) in [6, 6.07) is 11.3. The van der Waals surface area contributed by atoms with Gasteiger partial charge in [-0.3, -0.25) is 19.7 Å². The first-order valence-electron chi connectivity index (χ1n) is 9.19. The second-order valence-corrected chi connectivity index (χ2v) is 7.02. The maximum absolute atomic E-state index is 12.4. The predicted molar refractivity (Wildman–Crippen MR) is 103 cm³/mol. The fourth-order valence-corrected chi connectivity index (χ4v) is 3.46. The molecule has 1 saturated heterocycles. The summed E-state index contributed by atoms with van der Waals surface area (Å²) in [5.74, 6) is 1.10. The smallest absolute Gasteiger partial charge is 0.269 e. The Morgan fingerprint density at radius 1 is 1.17 bits per heavy atom. The van der Waals surface area contributed by atoms with Gasteiger partial charge in [-0.15, -0.1) is 0 Å². The summed E-state index contributed by atoms with van der Waals surface area (Å²) in [6.07, 6.45) is 0.483. The molecule has 1 N–H and O–H groups in total. The van der Waals surface area contributed by atoms with Crippen molar-refractivity contribution in [1.29, 1.82) is 0 Å². The van der Waals surface area contributed by atoms with E-state index in [1.165, 1.54) is 12.1 Å². The number of hydrogen-bond donors (Lipinski definition) is 1. The lowest BCUT2D eigenvalue weighted by atomic mass is 10.1. The number of hydrogen-bond acceptors (Lipinski definition) is 6. The van der Waals surface area contributed by atoms with Gasteiger partial charge >= 0.3 is 0 Å². The van der Waals surface area contributed by atoms with E-state index in [9.17, 15) is 19.7 Å². The van der Waals surface area contributed by atoms with Gasteiger partial charge in [0.25, 0.3) is 5.69 Å². The zero-order valence-corrected chi connectivity index (χ0v) is 15.5. The quantitative estimate of drug-likeness (QED) is 0.590. The Bertz CT molecular complexity index is 959. The third kappa shape index (κ3) is 4.13. The number of fused-ring (bicyclic) bond motifs is 1. The van der Waals surface area contributed by atoms with Gasteiger partial charge in [-0.05, 0) is 17.7 Å². The van der Waals surface area contributed by atoms with Crippen LogP contribution in [-0.4, -0.2) is 36.6 Å². The number of nitrogens with zero attached hydrogens (tertiary/aromatic N) is 2. The van der Waals surface area contributed by atoms with Crippen LogP contribution in [0.4, 0.5) is 11.4 Å². The maximum Gasteiger partial charge on any atom is 0.269 e. The molecule has 1 atom stereocenters. The van der Waals surface area contributed by atoms with Gasteiger partial charge in [0.15, 0.2) is 11.5 Å². The number of nitro benzene ring substituents is 1. The average Bonchev–Trinajstić information content (AvgIpc) is 3.32. The molecule has 0 radical (unpaired) electrons. The fourth-order valence-electron chi connectivity index (χ4n) is 3.46. The van der Waals surface area contributed by atoms with Crippen molar-refractivity contribution in [3.8, 4) is 11.5 Å². The van der Waals surface area contributed by atoms with Gasteiger partial charge < -0.3 is 19.7 Å². The van der Waals surface area contributed by atoms with Crippen molar-refractivity contribution >= 4 is 23.2 Å². The first-order chi connectivity index (χ1) is 14.0. The molecule has 0 aromatic heterocycles. The van der Waals surface area contributed by atoms with E-state index in [1.807, 2.05) is 6.07 Å². The molecular formula is C20H19N3O6. The van der Waals surface area contributed by atoms with Crippen LogP contribution in [0.3, 0.4) is 0 Å². The minimum atomic E-state index is -0.479. The number of benzene rings is 2. The standard InChI is InChI=1S/C20H19N3O6/c24-19(7-13-1-3-15(4-2-13)23(26)27)21-10-14-8-20(25)22(11-14)16-5-6-17-18(9-16)29-12-28-17/h1-6,9,14H,7-8,10-12H2,(H,21,24). The van der Waals surface area contributed by atoms with E-state index in [2.05, 4.69) is 5.32 Å². The number of nitro groups is 1. The lowest BCUT2D eigenvalue weighted by Crippen LogP contribution is -2.32. The van der Waals surface area contributed by atoms with Crippen LogP contribution in [0.2, 0.25) is 0 Å². The van der Waals surface area contributed by atoms with Crippen molar-refractivity contribution in [2.45, 2.75) is 12.8 Å². The number of nitrogens with one attached hydrogen (secondary N) is 1. The molecule has 4 rings (SSSR count). The minimum Gasteiger partial charge on any atom is -0.454 e. The van der Waals surface area contributed by atoms with Gasteiger partial charge in [0, 0.05) is 49.3 Å². The topological polar surface area (TPSA) is 111 Å². The predicted octanol–water partition coefficient (Wildman–Crippen LogP) is 2.04. The Hall–Kier alpha value is -3.62. The molecule has 0 aliphatic carbocycles. The molecule has 29 heavy (non-hydrogen) atoms. The molecule has 0 saturated carbocycles. The van der Waals surface area contributed by atoms with Crippen molar-refractivity contribution in [3.05, 3.63) is 58.1 Å². The number of non-ortho nitro benzene ring substituents is 1. The van der Waals surface area contributed by atoms with E-state index in [-0.39, 0.29) is 36.6 Å². The second kappa shape index (κ2) is 7.78. The second-order valence-electron chi connectivity index (χ2n) is 7.02. The summed E-state index contributed by atoms with van der Waals surface area (Å²) in [5, 5.41) is 13.5. The molecule has 9 heteroatoms. The Morgan fingerprint density at radius 2 is 1.93 bits per heavy atom. The van der Waals surface area contributed by atoms with Crippen LogP contribution in [0, 0.1) is 16.0 Å². The summed E-state index contributed by atoms with van der Waals surface area (Å²) in [5.41, 5.74) is 1.43. The van der Waals surface area contributed by atoms with E-state index >= 15 is 0 Å². The molecule has 1 fully saturated rings. The lowest BCUT2D eigenvalue weighted by molar-refractivity contribution is -0.384. The largest absolute Gasteiger partial charge is 0.454 e. The fraction of sp³-hybridized carbons (Fsp3) is 0.300. The van der Waals surface area contributed by atoms with Gasteiger partial charge in [0.05, 0.1) is 11.3 Å². The maximum atomic E-state index is 12.4. The van der Waals surface area contributed by atoms with E-state index in [0.29, 0.717) is 36.6 Å². The van der Waals surface area contributed by atoms with Crippen LogP contribution >= 0.6 is 0 Å². The zero-order valence-electron chi connectivity index (χ0n) is 15.5. The van der Waals surface area contributed by atoms with Crippen LogP contribution in [0.5, 0.6) is 11.5 Å². The van der Waals surface area contributed by atoms with Crippen LogP contribution in [-0.2, 0) is 16.0 Å². The Balaban J connectivity index is 1.29. The minimum absolute atomic E-state index is 0.00140. The SMILES string of the molecule is O=C(Cc1ccc([N+](=O)[O-])cc1)NCC1CC(=O)N(c2ccc3c(c2)OCO3)C1. The van der Waals surface area contributed by atoms with Gasteiger partial charge in [0.2, 0.25) is 18.6 Å². The van der Waals surface area contributed by atoms with Gasteiger partial charge in [-0.25, -0.2) is 0 Å². The highest BCUT2D eigenvalue weighted by molar-refractivity contribution is 5.96. The highest BCUT2D eigenvalue weighted by Crippen LogP contribution is 2.37. The van der Waals surface area contributed by atoms with Crippen LogP contribution in [0.15, 0.2) is 42.5 Å². The van der Waals surface area contributed by atoms with Crippen molar-refractivity contribution < 1.29 is 24.0 Å². The third-order valence-corrected chi connectivity index (χ3v) is 4.97. The molecule has 1 unspecified atom stereocenters. The number of rotatable bonds is 6. The normalized spacial score (nSPS) is 17.4. The molecule has 150 valence electrons. The number of carbonyl (C=O) groups is 2. The summed E-state index contributed by atoms with van der Waals surface area (Å²) in [4.78, 5) is 36.5. The molecule has 9 nitrogen and oxygen atoms in total. The van der Waals surface area contributed by atoms with E-state index in [1.54, 1.807) is 29.2 Å². The Morgan fingerprint density at radius 3 is 2.69 bits per heavy atom. The first kappa shape index (κ1) is 18.7. The summed E-state index contributed by atoms with van der Waals surface area (Å²) < 4.78 is 10.7. The zero-order chi connectivity index (χ0) is 20.4. The number of ether oxygens (including phenoxy) is 2. The molecule has 2 aromatic rings. The number of carbonyl (C=O) groups excluding carboxylic acids is 2. The number of anilines is 1.